The van der Waals surface area contributed by atoms with Crippen LogP contribution in [0.5, 0.6) is 5.75 Å². The predicted molar refractivity (Wildman–Crippen MR) is 71.3 cm³/mol. The highest BCUT2D eigenvalue weighted by Gasteiger charge is 2.24. The number of ether oxygens (including phenoxy) is 1. The fraction of sp³-hybridized carbons (Fsp3) is 0.154. The van der Waals surface area contributed by atoms with Gasteiger partial charge in [0.25, 0.3) is 0 Å². The van der Waals surface area contributed by atoms with E-state index in [9.17, 15) is 9.59 Å². The molecule has 2 rings (SSSR count). The summed E-state index contributed by atoms with van der Waals surface area (Å²) in [5.41, 5.74) is -0.293. The van der Waals surface area contributed by atoms with E-state index < -0.39 is 11.9 Å². The van der Waals surface area contributed by atoms with Crippen LogP contribution in [0.15, 0.2) is 30.5 Å². The number of nitrogens with zero attached hydrogens (tertiary/aromatic N) is 2. The van der Waals surface area contributed by atoms with E-state index in [1.807, 2.05) is 0 Å². The van der Waals surface area contributed by atoms with Gasteiger partial charge in [-0.2, -0.15) is 5.10 Å². The summed E-state index contributed by atoms with van der Waals surface area (Å²) in [6.07, 6.45) is 1.13. The summed E-state index contributed by atoms with van der Waals surface area (Å²) in [4.78, 5) is 23.2. The fourth-order valence-electron chi connectivity index (χ4n) is 1.68. The molecule has 0 aliphatic rings. The van der Waals surface area contributed by atoms with E-state index in [1.165, 1.54) is 10.7 Å². The third-order valence-electron chi connectivity index (χ3n) is 2.57. The monoisotopic (exact) mass is 294 g/mol. The first-order valence-electron chi connectivity index (χ1n) is 5.79. The summed E-state index contributed by atoms with van der Waals surface area (Å²) in [5.74, 6) is -1.78. The first kappa shape index (κ1) is 14.1. The van der Waals surface area contributed by atoms with Crippen molar-refractivity contribution < 1.29 is 19.4 Å². The van der Waals surface area contributed by atoms with Crippen LogP contribution >= 0.6 is 11.6 Å². The molecule has 0 amide bonds. The summed E-state index contributed by atoms with van der Waals surface area (Å²) in [5, 5.41) is 13.3. The average molecular weight is 295 g/mol. The first-order chi connectivity index (χ1) is 9.52. The lowest BCUT2D eigenvalue weighted by Gasteiger charge is -2.07. The molecule has 1 aromatic heterocycles. The van der Waals surface area contributed by atoms with Crippen LogP contribution in [-0.2, 0) is 6.54 Å². The molecule has 6 nitrogen and oxygen atoms in total. The Bertz CT molecular complexity index is 666. The van der Waals surface area contributed by atoms with Gasteiger partial charge in [-0.15, -0.1) is 0 Å². The third-order valence-corrected chi connectivity index (χ3v) is 2.80. The molecule has 0 fully saturated rings. The Morgan fingerprint density at radius 2 is 2.20 bits per heavy atom. The van der Waals surface area contributed by atoms with E-state index in [-0.39, 0.29) is 17.0 Å². The van der Waals surface area contributed by atoms with Gasteiger partial charge in [0.1, 0.15) is 11.3 Å². The number of benzene rings is 1. The van der Waals surface area contributed by atoms with E-state index in [1.54, 1.807) is 25.1 Å². The molecule has 0 spiro atoms. The molecule has 1 heterocycles. The maximum atomic E-state index is 12.1. The molecule has 7 heteroatoms. The molecule has 0 unspecified atom stereocenters. The van der Waals surface area contributed by atoms with Crippen molar-refractivity contribution in [2.45, 2.75) is 13.5 Å². The number of hydrogen-bond donors (Lipinski definition) is 1. The molecule has 2 aromatic rings. The molecular weight excluding hydrogens is 284 g/mol. The lowest BCUT2D eigenvalue weighted by Crippen LogP contribution is -2.18. The Labute approximate surface area is 119 Å². The van der Waals surface area contributed by atoms with Gasteiger partial charge < -0.3 is 9.84 Å². The van der Waals surface area contributed by atoms with Crippen LogP contribution in [0.25, 0.3) is 0 Å². The molecular formula is C13H11ClN2O4. The number of carbonyl (C=O) groups excluding carboxylic acids is 1. The van der Waals surface area contributed by atoms with Crippen LogP contribution in [0.2, 0.25) is 5.02 Å². The topological polar surface area (TPSA) is 81.4 Å². The number of esters is 1. The fourth-order valence-corrected chi connectivity index (χ4v) is 1.86. The minimum absolute atomic E-state index is 0.0972. The Hall–Kier alpha value is -2.34. The van der Waals surface area contributed by atoms with Crippen LogP contribution < -0.4 is 4.74 Å². The van der Waals surface area contributed by atoms with Crippen LogP contribution in [0.3, 0.4) is 0 Å². The second kappa shape index (κ2) is 5.75. The zero-order valence-electron chi connectivity index (χ0n) is 10.5. The quantitative estimate of drug-likeness (QED) is 0.692. The standard InChI is InChI=1S/C13H11ClN2O4/c1-2-16-11(10(7-15-16)12(17)18)13(19)20-9-5-3-4-8(14)6-9/h3-7H,2H2,1H3,(H,17,18). The Morgan fingerprint density at radius 3 is 2.80 bits per heavy atom. The molecule has 1 N–H and O–H groups in total. The van der Waals surface area contributed by atoms with Gasteiger partial charge in [-0.1, -0.05) is 17.7 Å². The predicted octanol–water partition coefficient (Wildman–Crippen LogP) is 2.47. The molecule has 0 bridgehead atoms. The molecule has 0 radical (unpaired) electrons. The first-order valence-corrected chi connectivity index (χ1v) is 6.17. The number of halogens is 1. The molecule has 1 aromatic carbocycles. The van der Waals surface area contributed by atoms with Gasteiger partial charge in [0.15, 0.2) is 5.69 Å². The van der Waals surface area contributed by atoms with Gasteiger partial charge in [-0.25, -0.2) is 9.59 Å². The van der Waals surface area contributed by atoms with E-state index in [2.05, 4.69) is 5.10 Å². The third kappa shape index (κ3) is 2.80. The van der Waals surface area contributed by atoms with Crippen LogP contribution in [0, 0.1) is 0 Å². The summed E-state index contributed by atoms with van der Waals surface area (Å²) < 4.78 is 6.40. The lowest BCUT2D eigenvalue weighted by molar-refractivity contribution is 0.0662. The maximum Gasteiger partial charge on any atom is 0.362 e. The Balaban J connectivity index is 2.33. The number of hydrogen-bond acceptors (Lipinski definition) is 4. The zero-order chi connectivity index (χ0) is 14.7. The highest BCUT2D eigenvalue weighted by molar-refractivity contribution is 6.30. The largest absolute Gasteiger partial charge is 0.478 e. The molecule has 0 aliphatic heterocycles. The van der Waals surface area contributed by atoms with E-state index in [0.29, 0.717) is 11.6 Å². The molecule has 0 aliphatic carbocycles. The van der Waals surface area contributed by atoms with Crippen molar-refractivity contribution in [3.8, 4) is 5.75 Å². The maximum absolute atomic E-state index is 12.1. The normalized spacial score (nSPS) is 10.3. The molecule has 20 heavy (non-hydrogen) atoms. The highest BCUT2D eigenvalue weighted by Crippen LogP contribution is 2.19. The Morgan fingerprint density at radius 1 is 1.45 bits per heavy atom. The van der Waals surface area contributed by atoms with Gasteiger partial charge in [-0.3, -0.25) is 4.68 Å². The molecule has 0 saturated heterocycles. The lowest BCUT2D eigenvalue weighted by atomic mass is 10.2. The van der Waals surface area contributed by atoms with Crippen molar-refractivity contribution in [1.29, 1.82) is 0 Å². The molecule has 0 saturated carbocycles. The average Bonchev–Trinajstić information content (AvgIpc) is 2.82. The number of aromatic nitrogens is 2. The van der Waals surface area contributed by atoms with Crippen LogP contribution in [0.1, 0.15) is 27.8 Å². The number of carbonyl (C=O) groups is 2. The number of carboxylic acids is 1. The second-order valence-corrected chi connectivity index (χ2v) is 4.31. The number of aromatic carboxylic acids is 1. The van der Waals surface area contributed by atoms with E-state index in [0.717, 1.165) is 6.20 Å². The number of carboxylic acid groups (broad SMARTS) is 1. The van der Waals surface area contributed by atoms with Crippen LogP contribution in [0.4, 0.5) is 0 Å². The highest BCUT2D eigenvalue weighted by atomic mass is 35.5. The van der Waals surface area contributed by atoms with Gasteiger partial charge >= 0.3 is 11.9 Å². The van der Waals surface area contributed by atoms with Crippen molar-refractivity contribution in [1.82, 2.24) is 9.78 Å². The van der Waals surface area contributed by atoms with E-state index in [4.69, 9.17) is 21.4 Å². The zero-order valence-corrected chi connectivity index (χ0v) is 11.3. The van der Waals surface area contributed by atoms with Gasteiger partial charge in [0.05, 0.1) is 6.20 Å². The molecule has 104 valence electrons. The smallest absolute Gasteiger partial charge is 0.362 e. The summed E-state index contributed by atoms with van der Waals surface area (Å²) >= 11 is 5.79. The minimum Gasteiger partial charge on any atom is -0.478 e. The number of rotatable bonds is 4. The van der Waals surface area contributed by atoms with Gasteiger partial charge in [0, 0.05) is 11.6 Å². The minimum atomic E-state index is -1.23. The van der Waals surface area contributed by atoms with E-state index >= 15 is 0 Å². The summed E-state index contributed by atoms with van der Waals surface area (Å²) in [6, 6.07) is 6.28. The Kier molecular flexibility index (Phi) is 4.05. The van der Waals surface area contributed by atoms with Crippen LogP contribution in [-0.4, -0.2) is 26.8 Å². The van der Waals surface area contributed by atoms with Gasteiger partial charge in [0.2, 0.25) is 0 Å². The van der Waals surface area contributed by atoms with Crippen molar-refractivity contribution in [3.63, 3.8) is 0 Å². The van der Waals surface area contributed by atoms with Crippen molar-refractivity contribution in [2.75, 3.05) is 0 Å². The van der Waals surface area contributed by atoms with Gasteiger partial charge in [-0.05, 0) is 25.1 Å². The van der Waals surface area contributed by atoms with Crippen molar-refractivity contribution >= 4 is 23.5 Å². The molecule has 0 atom stereocenters. The van der Waals surface area contributed by atoms with Crippen molar-refractivity contribution in [3.05, 3.63) is 46.7 Å². The number of aryl methyl sites for hydroxylation is 1. The summed E-state index contributed by atoms with van der Waals surface area (Å²) in [7, 11) is 0. The summed E-state index contributed by atoms with van der Waals surface area (Å²) in [6.45, 7) is 2.10. The SMILES string of the molecule is CCn1ncc(C(=O)O)c1C(=O)Oc1cccc(Cl)c1. The second-order valence-electron chi connectivity index (χ2n) is 3.87. The van der Waals surface area contributed by atoms with Crippen molar-refractivity contribution in [2.24, 2.45) is 0 Å².